The second-order valence-corrected chi connectivity index (χ2v) is 27.7. The second kappa shape index (κ2) is 17.0. The Kier molecular flexibility index (Phi) is 16.7. The molecule has 0 unspecified atom stereocenters. The van der Waals surface area contributed by atoms with Crippen molar-refractivity contribution >= 4 is 38.4 Å². The molecule has 1 aliphatic rings. The van der Waals surface area contributed by atoms with Gasteiger partial charge in [0.2, 0.25) is 0 Å². The van der Waals surface area contributed by atoms with Gasteiger partial charge in [-0.2, -0.15) is 0 Å². The fourth-order valence-electron chi connectivity index (χ4n) is 3.87. The fraction of sp³-hybridized carbons (Fsp3) is 1.00. The molecule has 1 heterocycles. The third kappa shape index (κ3) is 11.2. The first-order chi connectivity index (χ1) is 13.7. The van der Waals surface area contributed by atoms with E-state index in [0.717, 1.165) is 39.3 Å². The zero-order chi connectivity index (χ0) is 20.6. The maximum absolute atomic E-state index is 6.65. The molecular weight excluding hydrogens is 566 g/mol. The summed E-state index contributed by atoms with van der Waals surface area (Å²) >= 11 is -5.92. The van der Waals surface area contributed by atoms with E-state index in [-0.39, 0.29) is 0 Å². The predicted octanol–water partition coefficient (Wildman–Crippen LogP) is 6.93. The Balaban J connectivity index is 2.81. The van der Waals surface area contributed by atoms with Crippen molar-refractivity contribution in [3.05, 3.63) is 0 Å². The summed E-state index contributed by atoms with van der Waals surface area (Å²) in [5, 5.41) is 0. The van der Waals surface area contributed by atoms with Crippen LogP contribution < -0.4 is 0 Å². The van der Waals surface area contributed by atoms with Crippen LogP contribution in [0.15, 0.2) is 0 Å². The predicted molar refractivity (Wildman–Crippen MR) is 123 cm³/mol. The molecule has 1 aliphatic heterocycles. The number of hydrogen-bond donors (Lipinski definition) is 0. The molecule has 168 valence electrons. The standard InChI is InChI=1S/C4H8O2.4C4H9.C2H4O2.2Sn/c5-3-1-2-4-6;4*1-3-4-2;3-1-2-4;;/h1-4H2;4*1,3-4H2,2H3;1-2H2;;/q-2;;;;;-2;2*+2. The van der Waals surface area contributed by atoms with Crippen molar-refractivity contribution in [2.75, 3.05) is 26.4 Å². The topological polar surface area (TPSA) is 36.9 Å². The molecule has 1 rings (SSSR count). The van der Waals surface area contributed by atoms with Gasteiger partial charge in [-0.05, 0) is 0 Å². The summed E-state index contributed by atoms with van der Waals surface area (Å²) in [4.78, 5) is 0. The Hall–Kier alpha value is 1.44. The maximum atomic E-state index is 6.65. The molecule has 0 amide bonds. The van der Waals surface area contributed by atoms with E-state index in [9.17, 15) is 0 Å². The zero-order valence-corrected chi connectivity index (χ0v) is 25.1. The third-order valence-electron chi connectivity index (χ3n) is 5.73. The Bertz CT molecular complexity index is 318. The average Bonchev–Trinajstić information content (AvgIpc) is 2.71. The molecule has 1 fully saturated rings. The van der Waals surface area contributed by atoms with Crippen LogP contribution in [0.2, 0.25) is 17.7 Å². The molecule has 28 heavy (non-hydrogen) atoms. The van der Waals surface area contributed by atoms with Crippen molar-refractivity contribution in [1.82, 2.24) is 0 Å². The summed E-state index contributed by atoms with van der Waals surface area (Å²) in [6.45, 7) is 12.3. The van der Waals surface area contributed by atoms with Crippen molar-refractivity contribution in [3.8, 4) is 0 Å². The van der Waals surface area contributed by atoms with Crippen LogP contribution in [-0.4, -0.2) is 64.8 Å². The van der Waals surface area contributed by atoms with Crippen LogP contribution in [-0.2, 0) is 12.3 Å². The van der Waals surface area contributed by atoms with Crippen LogP contribution in [0.4, 0.5) is 0 Å². The van der Waals surface area contributed by atoms with Gasteiger partial charge in [0.05, 0.1) is 0 Å². The van der Waals surface area contributed by atoms with Crippen molar-refractivity contribution in [2.45, 2.75) is 110 Å². The van der Waals surface area contributed by atoms with E-state index in [2.05, 4.69) is 27.7 Å². The fourth-order valence-corrected chi connectivity index (χ4v) is 24.8. The summed E-state index contributed by atoms with van der Waals surface area (Å²) in [5.74, 6) is 0. The van der Waals surface area contributed by atoms with E-state index >= 15 is 0 Å². The zero-order valence-electron chi connectivity index (χ0n) is 19.4. The van der Waals surface area contributed by atoms with E-state index in [1.54, 1.807) is 0 Å². The van der Waals surface area contributed by atoms with Crippen molar-refractivity contribution in [2.24, 2.45) is 0 Å². The number of unbranched alkanes of at least 4 members (excludes halogenated alkanes) is 4. The second-order valence-electron chi connectivity index (χ2n) is 8.34. The van der Waals surface area contributed by atoms with Gasteiger partial charge in [0.15, 0.2) is 0 Å². The first kappa shape index (κ1) is 27.5. The van der Waals surface area contributed by atoms with Crippen molar-refractivity contribution < 1.29 is 12.3 Å². The van der Waals surface area contributed by atoms with Crippen LogP contribution >= 0.6 is 0 Å². The first-order valence-electron chi connectivity index (χ1n) is 12.2. The van der Waals surface area contributed by atoms with Gasteiger partial charge in [0.25, 0.3) is 0 Å². The van der Waals surface area contributed by atoms with Crippen LogP contribution in [0.5, 0.6) is 0 Å². The van der Waals surface area contributed by atoms with Crippen LogP contribution in [0.3, 0.4) is 0 Å². The normalized spacial score (nSPS) is 21.0. The number of rotatable bonds is 12. The van der Waals surface area contributed by atoms with Gasteiger partial charge in [-0.1, -0.05) is 0 Å². The Labute approximate surface area is 185 Å². The first-order valence-corrected chi connectivity index (χ1v) is 24.9. The van der Waals surface area contributed by atoms with Gasteiger partial charge in [0.1, 0.15) is 0 Å². The van der Waals surface area contributed by atoms with Gasteiger partial charge in [-0.25, -0.2) is 0 Å². The van der Waals surface area contributed by atoms with Crippen LogP contribution in [0.1, 0.15) is 91.9 Å². The minimum absolute atomic E-state index is 0.726. The van der Waals surface area contributed by atoms with Gasteiger partial charge < -0.3 is 0 Å². The van der Waals surface area contributed by atoms with E-state index in [0.29, 0.717) is 0 Å². The quantitative estimate of drug-likeness (QED) is 0.224. The monoisotopic (exact) mass is 616 g/mol. The molecule has 0 aromatic rings. The van der Waals surface area contributed by atoms with Crippen LogP contribution in [0, 0.1) is 0 Å². The molecule has 0 radical (unpaired) electrons. The van der Waals surface area contributed by atoms with Gasteiger partial charge >= 0.3 is 187 Å². The van der Waals surface area contributed by atoms with Crippen molar-refractivity contribution in [1.29, 1.82) is 0 Å². The third-order valence-corrected chi connectivity index (χ3v) is 26.8. The van der Waals surface area contributed by atoms with E-state index in [1.807, 2.05) is 0 Å². The van der Waals surface area contributed by atoms with Gasteiger partial charge in [0, 0.05) is 0 Å². The molecule has 0 aliphatic carbocycles. The molecule has 0 atom stereocenters. The SMILES string of the molecule is CCC[CH2][Sn]1([CH2]CCC)[O]CCCC[O][Sn]([CH2]CCC)([CH2]CCC)[O]CC[O]1. The summed E-state index contributed by atoms with van der Waals surface area (Å²) in [7, 11) is 0. The summed E-state index contributed by atoms with van der Waals surface area (Å²) in [6, 6.07) is 0. The molecule has 0 spiro atoms. The molecule has 4 nitrogen and oxygen atoms in total. The summed E-state index contributed by atoms with van der Waals surface area (Å²) < 4.78 is 31.3. The molecule has 0 saturated carbocycles. The average molecular weight is 614 g/mol. The van der Waals surface area contributed by atoms with E-state index < -0.39 is 38.4 Å². The van der Waals surface area contributed by atoms with Crippen LogP contribution in [0.25, 0.3) is 0 Å². The molecule has 6 heteroatoms. The molecule has 0 N–H and O–H groups in total. The molecule has 0 bridgehead atoms. The Morgan fingerprint density at radius 3 is 1.04 bits per heavy atom. The molecular formula is C22H48O4Sn2. The molecule has 1 saturated heterocycles. The van der Waals surface area contributed by atoms with E-state index in [1.165, 1.54) is 69.1 Å². The van der Waals surface area contributed by atoms with Gasteiger partial charge in [-0.3, -0.25) is 0 Å². The Morgan fingerprint density at radius 2 is 0.750 bits per heavy atom. The van der Waals surface area contributed by atoms with E-state index in [4.69, 9.17) is 12.3 Å². The summed E-state index contributed by atoms with van der Waals surface area (Å²) in [5.41, 5.74) is 0. The minimum atomic E-state index is -2.96. The Morgan fingerprint density at radius 1 is 0.464 bits per heavy atom. The summed E-state index contributed by atoms with van der Waals surface area (Å²) in [6.07, 6.45) is 12.1. The van der Waals surface area contributed by atoms with Gasteiger partial charge in [-0.15, -0.1) is 0 Å². The molecule has 0 aromatic heterocycles. The van der Waals surface area contributed by atoms with Crippen molar-refractivity contribution in [3.63, 3.8) is 0 Å². The molecule has 0 aromatic carbocycles. The number of hydrogen-bond acceptors (Lipinski definition) is 4.